The van der Waals surface area contributed by atoms with Crippen LogP contribution in [0.25, 0.3) is 0 Å². The van der Waals surface area contributed by atoms with Crippen LogP contribution < -0.4 is 0 Å². The van der Waals surface area contributed by atoms with Crippen LogP contribution in [0.5, 0.6) is 0 Å². The number of hydrogen-bond donors (Lipinski definition) is 0. The average molecular weight is 216 g/mol. The molecule has 0 spiro atoms. The zero-order valence-electron chi connectivity index (χ0n) is 5.30. The number of aryl methyl sites for hydroxylation is 1. The molecule has 0 aliphatic carbocycles. The van der Waals surface area contributed by atoms with Crippen molar-refractivity contribution in [2.24, 2.45) is 0 Å². The van der Waals surface area contributed by atoms with Crippen molar-refractivity contribution in [3.8, 4) is 6.07 Å². The molecule has 0 atom stereocenters. The second kappa shape index (κ2) is 3.75. The van der Waals surface area contributed by atoms with Crippen molar-refractivity contribution in [2.75, 3.05) is 5.33 Å². The Balaban J connectivity index is 2.82. The highest BCUT2D eigenvalue weighted by atomic mass is 79.9. The Morgan fingerprint density at radius 2 is 2.50 bits per heavy atom. The van der Waals surface area contributed by atoms with E-state index in [4.69, 9.17) is 5.26 Å². The van der Waals surface area contributed by atoms with Gasteiger partial charge in [-0.15, -0.1) is 11.3 Å². The van der Waals surface area contributed by atoms with Gasteiger partial charge in [0.1, 0.15) is 10.9 Å². The van der Waals surface area contributed by atoms with E-state index in [9.17, 15) is 0 Å². The lowest BCUT2D eigenvalue weighted by Crippen LogP contribution is -1.83. The third kappa shape index (κ3) is 1.59. The van der Waals surface area contributed by atoms with E-state index in [1.807, 2.05) is 11.4 Å². The lowest BCUT2D eigenvalue weighted by molar-refractivity contribution is 1.18. The van der Waals surface area contributed by atoms with Gasteiger partial charge in [0.25, 0.3) is 0 Å². The van der Waals surface area contributed by atoms with Gasteiger partial charge >= 0.3 is 0 Å². The maximum Gasteiger partial charge on any atom is 0.110 e. The lowest BCUT2D eigenvalue weighted by atomic mass is 10.2. The minimum Gasteiger partial charge on any atom is -0.192 e. The molecule has 0 bridgehead atoms. The highest BCUT2D eigenvalue weighted by molar-refractivity contribution is 9.09. The topological polar surface area (TPSA) is 23.8 Å². The Morgan fingerprint density at radius 1 is 1.70 bits per heavy atom. The normalized spacial score (nSPS) is 9.20. The van der Waals surface area contributed by atoms with E-state index in [0.717, 1.165) is 22.2 Å². The van der Waals surface area contributed by atoms with Crippen LogP contribution in [0, 0.1) is 11.3 Å². The molecule has 0 amide bonds. The third-order valence-electron chi connectivity index (χ3n) is 1.21. The summed E-state index contributed by atoms with van der Waals surface area (Å²) in [5.74, 6) is 0. The van der Waals surface area contributed by atoms with Gasteiger partial charge in [0.2, 0.25) is 0 Å². The van der Waals surface area contributed by atoms with Gasteiger partial charge < -0.3 is 0 Å². The van der Waals surface area contributed by atoms with Crippen molar-refractivity contribution < 1.29 is 0 Å². The van der Waals surface area contributed by atoms with Crippen LogP contribution in [-0.4, -0.2) is 5.33 Å². The maximum atomic E-state index is 8.58. The predicted octanol–water partition coefficient (Wildman–Crippen LogP) is 2.56. The minimum absolute atomic E-state index is 0.847. The third-order valence-corrected chi connectivity index (χ3v) is 2.47. The molecule has 0 aliphatic heterocycles. The van der Waals surface area contributed by atoms with Gasteiger partial charge in [-0.2, -0.15) is 5.26 Å². The van der Waals surface area contributed by atoms with Crippen LogP contribution in [0.15, 0.2) is 11.4 Å². The van der Waals surface area contributed by atoms with Gasteiger partial charge in [-0.3, -0.25) is 0 Å². The second-order valence-electron chi connectivity index (χ2n) is 1.83. The molecule has 1 nitrogen and oxygen atoms in total. The van der Waals surface area contributed by atoms with Gasteiger partial charge in [-0.1, -0.05) is 15.9 Å². The molecule has 0 unspecified atom stereocenters. The van der Waals surface area contributed by atoms with Gasteiger partial charge in [0.15, 0.2) is 0 Å². The SMILES string of the molecule is N#Cc1sccc1CCBr. The van der Waals surface area contributed by atoms with Crippen molar-refractivity contribution in [1.29, 1.82) is 5.26 Å². The number of thiophene rings is 1. The van der Waals surface area contributed by atoms with Gasteiger partial charge in [-0.25, -0.2) is 0 Å². The quantitative estimate of drug-likeness (QED) is 0.697. The molecule has 3 heteroatoms. The summed E-state index contributed by atoms with van der Waals surface area (Å²) in [4.78, 5) is 0.847. The number of halogens is 1. The molecule has 10 heavy (non-hydrogen) atoms. The Kier molecular flexibility index (Phi) is 2.91. The summed E-state index contributed by atoms with van der Waals surface area (Å²) in [7, 11) is 0. The molecule has 1 rings (SSSR count). The van der Waals surface area contributed by atoms with Crippen LogP contribution >= 0.6 is 27.3 Å². The molecule has 1 aromatic heterocycles. The molecule has 0 fully saturated rings. The van der Waals surface area contributed by atoms with Crippen molar-refractivity contribution in [1.82, 2.24) is 0 Å². The summed E-state index contributed by atoms with van der Waals surface area (Å²) in [6.07, 6.45) is 0.951. The molecule has 1 heterocycles. The average Bonchev–Trinajstić information content (AvgIpc) is 2.36. The van der Waals surface area contributed by atoms with Crippen molar-refractivity contribution >= 4 is 27.3 Å². The highest BCUT2D eigenvalue weighted by Crippen LogP contribution is 2.16. The number of nitriles is 1. The fourth-order valence-electron chi connectivity index (χ4n) is 0.732. The highest BCUT2D eigenvalue weighted by Gasteiger charge is 2.00. The summed E-state index contributed by atoms with van der Waals surface area (Å²) in [6, 6.07) is 4.16. The fourth-order valence-corrected chi connectivity index (χ4v) is 1.90. The fraction of sp³-hybridized carbons (Fsp3) is 0.286. The maximum absolute atomic E-state index is 8.58. The summed E-state index contributed by atoms with van der Waals surface area (Å²) in [6.45, 7) is 0. The van der Waals surface area contributed by atoms with Crippen LogP contribution in [0.1, 0.15) is 10.4 Å². The van der Waals surface area contributed by atoms with Crippen molar-refractivity contribution in [2.45, 2.75) is 6.42 Å². The molecular formula is C7H6BrNS. The molecule has 0 radical (unpaired) electrons. The molecular weight excluding hydrogens is 210 g/mol. The lowest BCUT2D eigenvalue weighted by Gasteiger charge is -1.89. The molecule has 1 aromatic rings. The van der Waals surface area contributed by atoms with E-state index >= 15 is 0 Å². The number of rotatable bonds is 2. The van der Waals surface area contributed by atoms with Crippen LogP contribution in [0.3, 0.4) is 0 Å². The van der Waals surface area contributed by atoms with Crippen molar-refractivity contribution in [3.05, 3.63) is 21.9 Å². The Labute approximate surface area is 72.4 Å². The largest absolute Gasteiger partial charge is 0.192 e. The van der Waals surface area contributed by atoms with Gasteiger partial charge in [0.05, 0.1) is 0 Å². The number of nitrogens with zero attached hydrogens (tertiary/aromatic N) is 1. The first kappa shape index (κ1) is 7.77. The molecule has 0 saturated heterocycles. The first-order chi connectivity index (χ1) is 4.88. The first-order valence-corrected chi connectivity index (χ1v) is 4.91. The monoisotopic (exact) mass is 215 g/mol. The summed E-state index contributed by atoms with van der Waals surface area (Å²) in [5, 5.41) is 11.5. The Hall–Kier alpha value is -0.330. The van der Waals surface area contributed by atoms with E-state index in [1.54, 1.807) is 0 Å². The summed E-state index contributed by atoms with van der Waals surface area (Å²) < 4.78 is 0. The van der Waals surface area contributed by atoms with E-state index in [0.29, 0.717) is 0 Å². The standard InChI is InChI=1S/C7H6BrNS/c8-3-1-6-2-4-10-7(6)5-9/h2,4H,1,3H2. The molecule has 0 N–H and O–H groups in total. The van der Waals surface area contributed by atoms with Gasteiger partial charge in [0, 0.05) is 5.33 Å². The predicted molar refractivity (Wildman–Crippen MR) is 46.5 cm³/mol. The summed E-state index contributed by atoms with van der Waals surface area (Å²) in [5.41, 5.74) is 1.16. The summed E-state index contributed by atoms with van der Waals surface area (Å²) >= 11 is 4.84. The van der Waals surface area contributed by atoms with Crippen LogP contribution in [-0.2, 0) is 6.42 Å². The zero-order chi connectivity index (χ0) is 7.40. The van der Waals surface area contributed by atoms with Crippen LogP contribution in [0.2, 0.25) is 0 Å². The van der Waals surface area contributed by atoms with Crippen molar-refractivity contribution in [3.63, 3.8) is 0 Å². The smallest absolute Gasteiger partial charge is 0.110 e. The molecule has 52 valence electrons. The van der Waals surface area contributed by atoms with E-state index in [2.05, 4.69) is 22.0 Å². The Bertz CT molecular complexity index is 248. The van der Waals surface area contributed by atoms with E-state index < -0.39 is 0 Å². The van der Waals surface area contributed by atoms with Crippen LogP contribution in [0.4, 0.5) is 0 Å². The minimum atomic E-state index is 0.847. The molecule has 0 saturated carbocycles. The Morgan fingerprint density at radius 3 is 3.10 bits per heavy atom. The first-order valence-electron chi connectivity index (χ1n) is 2.91. The number of alkyl halides is 1. The van der Waals surface area contributed by atoms with E-state index in [1.165, 1.54) is 11.3 Å². The van der Waals surface area contributed by atoms with Gasteiger partial charge in [-0.05, 0) is 23.4 Å². The molecule has 0 aromatic carbocycles. The van der Waals surface area contributed by atoms with E-state index in [-0.39, 0.29) is 0 Å². The number of hydrogen-bond acceptors (Lipinski definition) is 2. The zero-order valence-corrected chi connectivity index (χ0v) is 7.70. The molecule has 0 aliphatic rings. The second-order valence-corrected chi connectivity index (χ2v) is 3.53.